The highest BCUT2D eigenvalue weighted by atomic mass is 19.1. The molecule has 0 fully saturated rings. The highest BCUT2D eigenvalue weighted by Crippen LogP contribution is 2.21. The van der Waals surface area contributed by atoms with Crippen LogP contribution in [0.3, 0.4) is 0 Å². The molecular formula is C23H16FN3O2. The third kappa shape index (κ3) is 3.96. The summed E-state index contributed by atoms with van der Waals surface area (Å²) in [4.78, 5) is 29.5. The first-order chi connectivity index (χ1) is 14.1. The Morgan fingerprint density at radius 1 is 0.724 bits per heavy atom. The first kappa shape index (κ1) is 18.3. The van der Waals surface area contributed by atoms with E-state index in [-0.39, 0.29) is 17.2 Å². The normalized spacial score (nSPS) is 10.5. The predicted molar refractivity (Wildman–Crippen MR) is 110 cm³/mol. The minimum absolute atomic E-state index is 0.0779. The molecule has 4 aromatic rings. The number of pyridine rings is 1. The van der Waals surface area contributed by atoms with Crippen LogP contribution < -0.4 is 10.6 Å². The SMILES string of the molecule is O=C(Nc1ccccc1F)c1cccc(C(=O)Nc2cccc3cccnc23)c1. The van der Waals surface area contributed by atoms with Crippen LogP contribution in [0.15, 0.2) is 85.1 Å². The summed E-state index contributed by atoms with van der Waals surface area (Å²) >= 11 is 0. The number of carbonyl (C=O) groups excluding carboxylic acids is 2. The van der Waals surface area contributed by atoms with E-state index in [0.29, 0.717) is 16.8 Å². The lowest BCUT2D eigenvalue weighted by Gasteiger charge is -2.10. The van der Waals surface area contributed by atoms with Crippen LogP contribution in [0.4, 0.5) is 15.8 Å². The number of carbonyl (C=O) groups is 2. The van der Waals surface area contributed by atoms with Crippen molar-refractivity contribution in [3.8, 4) is 0 Å². The molecule has 0 unspecified atom stereocenters. The Labute approximate surface area is 166 Å². The predicted octanol–water partition coefficient (Wildman–Crippen LogP) is 4.88. The van der Waals surface area contributed by atoms with Crippen LogP contribution in [0.2, 0.25) is 0 Å². The molecule has 5 nitrogen and oxygen atoms in total. The summed E-state index contributed by atoms with van der Waals surface area (Å²) < 4.78 is 13.8. The molecule has 0 aliphatic rings. The van der Waals surface area contributed by atoms with Gasteiger partial charge in [0.1, 0.15) is 5.82 Å². The van der Waals surface area contributed by atoms with Crippen molar-refractivity contribution in [1.82, 2.24) is 4.98 Å². The fourth-order valence-corrected chi connectivity index (χ4v) is 2.96. The Balaban J connectivity index is 1.56. The summed E-state index contributed by atoms with van der Waals surface area (Å²) in [6.45, 7) is 0. The minimum atomic E-state index is -0.529. The number of rotatable bonds is 4. The van der Waals surface area contributed by atoms with Crippen LogP contribution in [-0.2, 0) is 0 Å². The summed E-state index contributed by atoms with van der Waals surface area (Å²) in [6.07, 6.45) is 1.66. The molecule has 0 saturated carbocycles. The molecule has 0 spiro atoms. The summed E-state index contributed by atoms with van der Waals surface area (Å²) in [7, 11) is 0. The van der Waals surface area contributed by atoms with Crippen molar-refractivity contribution in [3.05, 3.63) is 102 Å². The molecule has 0 bridgehead atoms. The molecule has 3 aromatic carbocycles. The molecule has 2 N–H and O–H groups in total. The molecule has 29 heavy (non-hydrogen) atoms. The van der Waals surface area contributed by atoms with Crippen LogP contribution in [-0.4, -0.2) is 16.8 Å². The smallest absolute Gasteiger partial charge is 0.255 e. The second-order valence-electron chi connectivity index (χ2n) is 6.35. The van der Waals surface area contributed by atoms with Gasteiger partial charge in [0.2, 0.25) is 0 Å². The number of benzene rings is 3. The van der Waals surface area contributed by atoms with E-state index < -0.39 is 11.7 Å². The minimum Gasteiger partial charge on any atom is -0.320 e. The molecule has 2 amide bonds. The molecule has 1 heterocycles. The number of anilines is 2. The Bertz CT molecular complexity index is 1220. The quantitative estimate of drug-likeness (QED) is 0.526. The van der Waals surface area contributed by atoms with Gasteiger partial charge < -0.3 is 10.6 Å². The van der Waals surface area contributed by atoms with Gasteiger partial charge in [0.25, 0.3) is 11.8 Å². The zero-order chi connectivity index (χ0) is 20.2. The van der Waals surface area contributed by atoms with Crippen molar-refractivity contribution in [3.63, 3.8) is 0 Å². The second kappa shape index (κ2) is 7.90. The maximum absolute atomic E-state index is 13.8. The maximum Gasteiger partial charge on any atom is 0.255 e. The van der Waals surface area contributed by atoms with Gasteiger partial charge in [0.15, 0.2) is 0 Å². The van der Waals surface area contributed by atoms with Crippen molar-refractivity contribution in [2.45, 2.75) is 0 Å². The molecule has 142 valence electrons. The molecule has 6 heteroatoms. The third-order valence-corrected chi connectivity index (χ3v) is 4.39. The Morgan fingerprint density at radius 3 is 2.10 bits per heavy atom. The third-order valence-electron chi connectivity index (χ3n) is 4.39. The van der Waals surface area contributed by atoms with E-state index in [1.807, 2.05) is 24.3 Å². The van der Waals surface area contributed by atoms with E-state index >= 15 is 0 Å². The Kier molecular flexibility index (Phi) is 4.99. The number of aromatic nitrogens is 1. The van der Waals surface area contributed by atoms with E-state index in [1.54, 1.807) is 36.5 Å². The van der Waals surface area contributed by atoms with E-state index in [0.717, 1.165) is 5.39 Å². The van der Waals surface area contributed by atoms with Crippen LogP contribution in [0.5, 0.6) is 0 Å². The fraction of sp³-hybridized carbons (Fsp3) is 0. The summed E-state index contributed by atoms with van der Waals surface area (Å²) in [5.74, 6) is -1.40. The van der Waals surface area contributed by atoms with Crippen molar-refractivity contribution in [1.29, 1.82) is 0 Å². The van der Waals surface area contributed by atoms with E-state index in [9.17, 15) is 14.0 Å². The molecule has 0 saturated heterocycles. The van der Waals surface area contributed by atoms with Gasteiger partial charge in [-0.15, -0.1) is 0 Å². The number of halogens is 1. The summed E-state index contributed by atoms with van der Waals surface area (Å²) in [5, 5.41) is 6.25. The molecule has 0 radical (unpaired) electrons. The van der Waals surface area contributed by atoms with Crippen LogP contribution in [0, 0.1) is 5.82 Å². The van der Waals surface area contributed by atoms with Crippen molar-refractivity contribution >= 4 is 34.1 Å². The lowest BCUT2D eigenvalue weighted by Crippen LogP contribution is -2.16. The number of nitrogens with zero attached hydrogens (tertiary/aromatic N) is 1. The average Bonchev–Trinajstić information content (AvgIpc) is 2.75. The van der Waals surface area contributed by atoms with Crippen LogP contribution in [0.1, 0.15) is 20.7 Å². The number of hydrogen-bond donors (Lipinski definition) is 2. The van der Waals surface area contributed by atoms with Crippen molar-refractivity contribution in [2.75, 3.05) is 10.6 Å². The number of amides is 2. The van der Waals surface area contributed by atoms with E-state index in [4.69, 9.17) is 0 Å². The first-order valence-corrected chi connectivity index (χ1v) is 8.93. The van der Waals surface area contributed by atoms with Crippen molar-refractivity contribution in [2.24, 2.45) is 0 Å². The highest BCUT2D eigenvalue weighted by molar-refractivity contribution is 6.10. The Hall–Kier alpha value is -4.06. The van der Waals surface area contributed by atoms with Crippen LogP contribution >= 0.6 is 0 Å². The topological polar surface area (TPSA) is 71.1 Å². The lowest BCUT2D eigenvalue weighted by atomic mass is 10.1. The number of para-hydroxylation sites is 2. The molecule has 4 rings (SSSR count). The molecular weight excluding hydrogens is 369 g/mol. The van der Waals surface area contributed by atoms with E-state index in [2.05, 4.69) is 15.6 Å². The van der Waals surface area contributed by atoms with Gasteiger partial charge in [-0.2, -0.15) is 0 Å². The second-order valence-corrected chi connectivity index (χ2v) is 6.35. The summed E-state index contributed by atoms with van der Waals surface area (Å²) in [5.41, 5.74) is 1.89. The molecule has 0 aliphatic heterocycles. The number of hydrogen-bond acceptors (Lipinski definition) is 3. The van der Waals surface area contributed by atoms with Gasteiger partial charge in [0.05, 0.1) is 16.9 Å². The zero-order valence-corrected chi connectivity index (χ0v) is 15.2. The van der Waals surface area contributed by atoms with Gasteiger partial charge in [-0.3, -0.25) is 14.6 Å². The highest BCUT2D eigenvalue weighted by Gasteiger charge is 2.13. The maximum atomic E-state index is 13.8. The first-order valence-electron chi connectivity index (χ1n) is 8.93. The van der Waals surface area contributed by atoms with Gasteiger partial charge >= 0.3 is 0 Å². The molecule has 0 aliphatic carbocycles. The van der Waals surface area contributed by atoms with Crippen LogP contribution in [0.25, 0.3) is 10.9 Å². The van der Waals surface area contributed by atoms with Gasteiger partial charge in [0, 0.05) is 22.7 Å². The standard InChI is InChI=1S/C23H16FN3O2/c24-18-10-1-2-11-19(18)26-22(28)16-7-3-8-17(14-16)23(29)27-20-12-4-6-15-9-5-13-25-21(15)20/h1-14H,(H,26,28)(H,27,29). The van der Waals surface area contributed by atoms with Gasteiger partial charge in [-0.25, -0.2) is 4.39 Å². The van der Waals surface area contributed by atoms with Gasteiger partial charge in [-0.05, 0) is 42.5 Å². The molecule has 0 atom stereocenters. The monoisotopic (exact) mass is 385 g/mol. The average molecular weight is 385 g/mol. The number of fused-ring (bicyclic) bond motifs is 1. The van der Waals surface area contributed by atoms with Crippen molar-refractivity contribution < 1.29 is 14.0 Å². The Morgan fingerprint density at radius 2 is 1.34 bits per heavy atom. The van der Waals surface area contributed by atoms with E-state index in [1.165, 1.54) is 24.3 Å². The zero-order valence-electron chi connectivity index (χ0n) is 15.2. The molecule has 1 aromatic heterocycles. The lowest BCUT2D eigenvalue weighted by molar-refractivity contribution is 0.102. The number of nitrogens with one attached hydrogen (secondary N) is 2. The van der Waals surface area contributed by atoms with Gasteiger partial charge in [-0.1, -0.05) is 36.4 Å². The summed E-state index contributed by atoms with van der Waals surface area (Å²) in [6, 6.07) is 21.4. The fourth-order valence-electron chi connectivity index (χ4n) is 2.96. The largest absolute Gasteiger partial charge is 0.320 e.